The van der Waals surface area contributed by atoms with Crippen LogP contribution in [0.1, 0.15) is 29.5 Å². The molecule has 0 spiro atoms. The monoisotopic (exact) mass is 362 g/mol. The molecule has 0 bridgehead atoms. The van der Waals surface area contributed by atoms with Crippen molar-refractivity contribution in [3.8, 4) is 0 Å². The van der Waals surface area contributed by atoms with E-state index in [-0.39, 0.29) is 29.3 Å². The Morgan fingerprint density at radius 1 is 1.52 bits per heavy atom. The third kappa shape index (κ3) is 3.31. The zero-order valence-electron chi connectivity index (χ0n) is 13.5. The molecule has 25 heavy (non-hydrogen) atoms. The van der Waals surface area contributed by atoms with Gasteiger partial charge in [0, 0.05) is 18.9 Å². The maximum atomic E-state index is 12.1. The molecule has 0 saturated carbocycles. The maximum Gasteiger partial charge on any atom is 0.292 e. The fraction of sp³-hybridized carbons (Fsp3) is 0.267. The zero-order valence-corrected chi connectivity index (χ0v) is 14.2. The molecule has 2 amide bonds. The lowest BCUT2D eigenvalue weighted by Gasteiger charge is -2.32. The van der Waals surface area contributed by atoms with Crippen LogP contribution in [0.5, 0.6) is 0 Å². The smallest absolute Gasteiger partial charge is 0.292 e. The molecule has 1 unspecified atom stereocenters. The largest absolute Gasteiger partial charge is 0.435 e. The number of oxazole rings is 1. The Kier molecular flexibility index (Phi) is 4.17. The van der Waals surface area contributed by atoms with E-state index < -0.39 is 11.4 Å². The predicted octanol–water partition coefficient (Wildman–Crippen LogP) is 1.37. The number of nitrogens with zero attached hydrogens (tertiary/aromatic N) is 4. The van der Waals surface area contributed by atoms with E-state index in [0.717, 1.165) is 6.26 Å². The van der Waals surface area contributed by atoms with E-state index in [1.165, 1.54) is 11.1 Å². The maximum absolute atomic E-state index is 12.1. The first-order valence-corrected chi connectivity index (χ1v) is 7.67. The second kappa shape index (κ2) is 6.17. The molecule has 0 fully saturated rings. The molecule has 0 radical (unpaired) electrons. The second-order valence-corrected chi connectivity index (χ2v) is 6.07. The average Bonchev–Trinajstić information content (AvgIpc) is 2.99. The fourth-order valence-corrected chi connectivity index (χ4v) is 2.55. The molecule has 10 heteroatoms. The van der Waals surface area contributed by atoms with E-state index in [2.05, 4.69) is 20.3 Å². The number of carbonyl (C=O) groups excluding carboxylic acids is 2. The first-order valence-electron chi connectivity index (χ1n) is 7.29. The normalized spacial score (nSPS) is 20.4. The lowest BCUT2D eigenvalue weighted by Crippen LogP contribution is -2.47. The number of guanidine groups is 1. The molecule has 3 N–H and O–H groups in total. The Bertz CT molecular complexity index is 880. The molecular weight excluding hydrogens is 348 g/mol. The van der Waals surface area contributed by atoms with E-state index in [4.69, 9.17) is 21.8 Å². The summed E-state index contributed by atoms with van der Waals surface area (Å²) in [5, 5.41) is 2.54. The molecule has 2 aromatic rings. The Morgan fingerprint density at radius 2 is 2.28 bits per heavy atom. The molecule has 9 nitrogen and oxygen atoms in total. The first-order chi connectivity index (χ1) is 11.8. The van der Waals surface area contributed by atoms with Crippen molar-refractivity contribution in [3.05, 3.63) is 41.3 Å². The number of carbonyl (C=O) groups is 2. The third-order valence-electron chi connectivity index (χ3n) is 3.85. The van der Waals surface area contributed by atoms with Crippen LogP contribution in [0.2, 0.25) is 5.35 Å². The minimum absolute atomic E-state index is 0.0475. The molecule has 0 aliphatic carbocycles. The predicted molar refractivity (Wildman–Crippen MR) is 90.1 cm³/mol. The molecule has 3 rings (SSSR count). The summed E-state index contributed by atoms with van der Waals surface area (Å²) < 4.78 is 4.80. The van der Waals surface area contributed by atoms with Crippen LogP contribution < -0.4 is 11.1 Å². The Labute approximate surface area is 147 Å². The van der Waals surface area contributed by atoms with Gasteiger partial charge in [-0.15, -0.1) is 0 Å². The Balaban J connectivity index is 1.87. The van der Waals surface area contributed by atoms with Crippen molar-refractivity contribution >= 4 is 35.1 Å². The summed E-state index contributed by atoms with van der Waals surface area (Å²) in [7, 11) is 1.56. The highest BCUT2D eigenvalue weighted by atomic mass is 35.5. The van der Waals surface area contributed by atoms with Crippen molar-refractivity contribution in [3.63, 3.8) is 0 Å². The third-order valence-corrected chi connectivity index (χ3v) is 4.03. The van der Waals surface area contributed by atoms with Gasteiger partial charge in [0.05, 0.1) is 12.1 Å². The van der Waals surface area contributed by atoms with Gasteiger partial charge in [-0.2, -0.15) is 4.98 Å². The lowest BCUT2D eigenvalue weighted by molar-refractivity contribution is -0.128. The summed E-state index contributed by atoms with van der Waals surface area (Å²) >= 11 is 5.56. The first kappa shape index (κ1) is 16.9. The average molecular weight is 363 g/mol. The second-order valence-electron chi connectivity index (χ2n) is 5.74. The van der Waals surface area contributed by atoms with Gasteiger partial charge in [0.1, 0.15) is 11.8 Å². The van der Waals surface area contributed by atoms with Gasteiger partial charge in [0.2, 0.25) is 5.91 Å². The fourth-order valence-electron chi connectivity index (χ4n) is 2.41. The molecule has 3 heterocycles. The minimum atomic E-state index is -0.911. The van der Waals surface area contributed by atoms with E-state index in [0.29, 0.717) is 11.4 Å². The number of nitrogens with one attached hydrogen (secondary N) is 1. The number of halogens is 1. The van der Waals surface area contributed by atoms with Gasteiger partial charge in [-0.05, 0) is 30.7 Å². The van der Waals surface area contributed by atoms with Gasteiger partial charge in [-0.1, -0.05) is 0 Å². The summed E-state index contributed by atoms with van der Waals surface area (Å²) in [6.45, 7) is 1.76. The van der Waals surface area contributed by atoms with Crippen LogP contribution >= 0.6 is 11.6 Å². The SMILES string of the molecule is CN1C(=O)CC(C)(c2cc(NC(=O)c3coc(Cl)n3)ccn2)N=C1N. The van der Waals surface area contributed by atoms with Crippen molar-refractivity contribution in [1.82, 2.24) is 14.9 Å². The van der Waals surface area contributed by atoms with Gasteiger partial charge < -0.3 is 15.5 Å². The standard InChI is InChI=1S/C15H15ClN6O3/c1-15(6-11(23)22(2)14(17)21-15)10-5-8(3-4-18-10)19-12(24)9-7-25-13(16)20-9/h3-5,7H,6H2,1-2H3,(H2,17,21)(H,18,19,24). The number of aromatic nitrogens is 2. The van der Waals surface area contributed by atoms with Crippen LogP contribution in [-0.2, 0) is 10.3 Å². The Morgan fingerprint density at radius 3 is 2.92 bits per heavy atom. The van der Waals surface area contributed by atoms with Gasteiger partial charge in [-0.3, -0.25) is 19.5 Å². The number of aliphatic imine (C=N–C) groups is 1. The molecule has 2 aromatic heterocycles. The summed E-state index contributed by atoms with van der Waals surface area (Å²) in [6.07, 6.45) is 2.79. The number of hydrogen-bond donors (Lipinski definition) is 2. The molecule has 1 aliphatic rings. The summed E-state index contributed by atoms with van der Waals surface area (Å²) in [5.41, 5.74) is 5.92. The van der Waals surface area contributed by atoms with Crippen molar-refractivity contribution < 1.29 is 14.0 Å². The summed E-state index contributed by atoms with van der Waals surface area (Å²) in [6, 6.07) is 3.24. The zero-order chi connectivity index (χ0) is 18.2. The van der Waals surface area contributed by atoms with Crippen LogP contribution in [0, 0.1) is 0 Å². The topological polar surface area (TPSA) is 127 Å². The van der Waals surface area contributed by atoms with Crippen molar-refractivity contribution in [1.29, 1.82) is 0 Å². The van der Waals surface area contributed by atoms with E-state index in [9.17, 15) is 9.59 Å². The van der Waals surface area contributed by atoms with Crippen LogP contribution in [0.3, 0.4) is 0 Å². The lowest BCUT2D eigenvalue weighted by atomic mass is 9.91. The molecular formula is C15H15ClN6O3. The van der Waals surface area contributed by atoms with Crippen LogP contribution in [0.4, 0.5) is 5.69 Å². The molecule has 1 aliphatic heterocycles. The summed E-state index contributed by atoms with van der Waals surface area (Å²) in [5.74, 6) is -0.531. The molecule has 0 aromatic carbocycles. The number of hydrogen-bond acceptors (Lipinski definition) is 7. The molecule has 130 valence electrons. The molecule has 0 saturated heterocycles. The Hall–Kier alpha value is -2.94. The van der Waals surface area contributed by atoms with E-state index in [1.54, 1.807) is 26.1 Å². The highest BCUT2D eigenvalue weighted by Crippen LogP contribution is 2.32. The highest BCUT2D eigenvalue weighted by molar-refractivity contribution is 6.28. The van der Waals surface area contributed by atoms with Crippen molar-refractivity contribution in [2.75, 3.05) is 12.4 Å². The van der Waals surface area contributed by atoms with Gasteiger partial charge in [0.25, 0.3) is 11.3 Å². The van der Waals surface area contributed by atoms with Crippen molar-refractivity contribution in [2.45, 2.75) is 18.9 Å². The minimum Gasteiger partial charge on any atom is -0.435 e. The highest BCUT2D eigenvalue weighted by Gasteiger charge is 2.37. The summed E-state index contributed by atoms with van der Waals surface area (Å²) in [4.78, 5) is 37.9. The molecule has 1 atom stereocenters. The van der Waals surface area contributed by atoms with Crippen molar-refractivity contribution in [2.24, 2.45) is 10.7 Å². The van der Waals surface area contributed by atoms with E-state index >= 15 is 0 Å². The van der Waals surface area contributed by atoms with Crippen LogP contribution in [0.25, 0.3) is 0 Å². The number of rotatable bonds is 3. The van der Waals surface area contributed by atoms with Crippen LogP contribution in [-0.4, -0.2) is 39.7 Å². The van der Waals surface area contributed by atoms with Gasteiger partial charge >= 0.3 is 0 Å². The van der Waals surface area contributed by atoms with Gasteiger partial charge in [-0.25, -0.2) is 4.99 Å². The number of amides is 2. The van der Waals surface area contributed by atoms with Crippen LogP contribution in [0.15, 0.2) is 34.0 Å². The number of pyridine rings is 1. The number of nitrogens with two attached hydrogens (primary N) is 1. The number of anilines is 1. The quantitative estimate of drug-likeness (QED) is 0.848. The van der Waals surface area contributed by atoms with Gasteiger partial charge in [0.15, 0.2) is 11.7 Å². The van der Waals surface area contributed by atoms with E-state index in [1.807, 2.05) is 0 Å².